The minimum Gasteiger partial charge on any atom is -0.357 e. The number of anilines is 1. The largest absolute Gasteiger partial charge is 0.357 e. The van der Waals surface area contributed by atoms with Crippen molar-refractivity contribution in [1.29, 1.82) is 0 Å². The predicted molar refractivity (Wildman–Crippen MR) is 81.6 cm³/mol. The third kappa shape index (κ3) is 3.08. The Bertz CT molecular complexity index is 387. The normalized spacial score (nSPS) is 20.5. The molecule has 1 aliphatic rings. The summed E-state index contributed by atoms with van der Waals surface area (Å²) in [6.45, 7) is 11.1. The van der Waals surface area contributed by atoms with Gasteiger partial charge in [0.1, 0.15) is 5.82 Å². The highest BCUT2D eigenvalue weighted by Gasteiger charge is 2.26. The van der Waals surface area contributed by atoms with Gasteiger partial charge in [0.25, 0.3) is 0 Å². The lowest BCUT2D eigenvalue weighted by Crippen LogP contribution is -2.35. The number of aromatic nitrogens is 1. The Morgan fingerprint density at radius 1 is 1.26 bits per heavy atom. The summed E-state index contributed by atoms with van der Waals surface area (Å²) in [4.78, 5) is 9.64. The van der Waals surface area contributed by atoms with Gasteiger partial charge >= 0.3 is 0 Å². The van der Waals surface area contributed by atoms with Crippen molar-refractivity contribution in [3.8, 4) is 0 Å². The summed E-state index contributed by atoms with van der Waals surface area (Å²) in [5, 5.41) is 0. The molecule has 0 spiro atoms. The number of piperidine rings is 1. The summed E-state index contributed by atoms with van der Waals surface area (Å²) >= 11 is 0. The number of hydrogen-bond donors (Lipinski definition) is 0. The van der Waals surface area contributed by atoms with Crippen molar-refractivity contribution in [1.82, 2.24) is 9.88 Å². The van der Waals surface area contributed by atoms with Gasteiger partial charge in [-0.05, 0) is 45.8 Å². The van der Waals surface area contributed by atoms with Gasteiger partial charge in [-0.15, -0.1) is 0 Å². The smallest absolute Gasteiger partial charge is 0.133 e. The van der Waals surface area contributed by atoms with Gasteiger partial charge in [-0.25, -0.2) is 4.98 Å². The lowest BCUT2D eigenvalue weighted by atomic mass is 9.95. The van der Waals surface area contributed by atoms with E-state index in [0.29, 0.717) is 6.04 Å². The third-order valence-corrected chi connectivity index (χ3v) is 4.26. The zero-order chi connectivity index (χ0) is 13.7. The highest BCUT2D eigenvalue weighted by Crippen LogP contribution is 2.34. The lowest BCUT2D eigenvalue weighted by Gasteiger charge is -2.37. The van der Waals surface area contributed by atoms with E-state index in [0.717, 1.165) is 19.6 Å². The van der Waals surface area contributed by atoms with E-state index in [9.17, 15) is 0 Å². The monoisotopic (exact) mass is 261 g/mol. The fourth-order valence-electron chi connectivity index (χ4n) is 3.18. The van der Waals surface area contributed by atoms with Crippen LogP contribution in [0.1, 0.15) is 51.6 Å². The van der Waals surface area contributed by atoms with Crippen LogP contribution in [0.5, 0.6) is 0 Å². The van der Waals surface area contributed by atoms with E-state index < -0.39 is 0 Å². The van der Waals surface area contributed by atoms with E-state index in [1.165, 1.54) is 37.2 Å². The third-order valence-electron chi connectivity index (χ3n) is 4.26. The molecule has 1 aromatic heterocycles. The van der Waals surface area contributed by atoms with E-state index in [4.69, 9.17) is 0 Å². The summed E-state index contributed by atoms with van der Waals surface area (Å²) < 4.78 is 0. The Labute approximate surface area is 117 Å². The molecule has 1 saturated heterocycles. The van der Waals surface area contributed by atoms with E-state index in [-0.39, 0.29) is 0 Å². The molecule has 2 rings (SSSR count). The van der Waals surface area contributed by atoms with Gasteiger partial charge in [0.15, 0.2) is 0 Å². The summed E-state index contributed by atoms with van der Waals surface area (Å²) in [6.07, 6.45) is 5.88. The minimum atomic E-state index is 0.558. The Hall–Kier alpha value is -1.09. The molecule has 0 aromatic carbocycles. The molecule has 0 N–H and O–H groups in total. The summed E-state index contributed by atoms with van der Waals surface area (Å²) in [6, 6.07) is 4.92. The maximum absolute atomic E-state index is 4.66. The van der Waals surface area contributed by atoms with Crippen LogP contribution < -0.4 is 4.90 Å². The highest BCUT2D eigenvalue weighted by atomic mass is 15.2. The molecule has 19 heavy (non-hydrogen) atoms. The summed E-state index contributed by atoms with van der Waals surface area (Å²) in [7, 11) is 0. The number of rotatable bonds is 5. The first-order chi connectivity index (χ1) is 9.31. The lowest BCUT2D eigenvalue weighted by molar-refractivity contribution is 0.157. The Morgan fingerprint density at radius 3 is 2.74 bits per heavy atom. The summed E-state index contributed by atoms with van der Waals surface area (Å²) in [5.41, 5.74) is 1.42. The SMILES string of the molecule is CCN(CC)c1ncccc1[C@@H]1CCCCN1CC. The second kappa shape index (κ2) is 6.90. The van der Waals surface area contributed by atoms with Crippen LogP contribution in [0.4, 0.5) is 5.82 Å². The molecule has 0 aliphatic carbocycles. The van der Waals surface area contributed by atoms with Crippen LogP contribution in [0.25, 0.3) is 0 Å². The van der Waals surface area contributed by atoms with Crippen LogP contribution in [0.15, 0.2) is 18.3 Å². The van der Waals surface area contributed by atoms with Gasteiger partial charge in [-0.2, -0.15) is 0 Å². The highest BCUT2D eigenvalue weighted by molar-refractivity contribution is 5.48. The molecule has 1 fully saturated rings. The first-order valence-electron chi connectivity index (χ1n) is 7.75. The molecule has 0 bridgehead atoms. The molecule has 3 heteroatoms. The van der Waals surface area contributed by atoms with Crippen molar-refractivity contribution in [3.05, 3.63) is 23.9 Å². The molecule has 3 nitrogen and oxygen atoms in total. The van der Waals surface area contributed by atoms with Gasteiger partial charge in [0.05, 0.1) is 0 Å². The molecular formula is C16H27N3. The van der Waals surface area contributed by atoms with Crippen molar-refractivity contribution in [2.24, 2.45) is 0 Å². The average Bonchev–Trinajstić information content (AvgIpc) is 2.49. The second-order valence-electron chi connectivity index (χ2n) is 5.23. The number of nitrogens with zero attached hydrogens (tertiary/aromatic N) is 3. The van der Waals surface area contributed by atoms with Crippen LogP contribution >= 0.6 is 0 Å². The van der Waals surface area contributed by atoms with Crippen LogP contribution in [0.2, 0.25) is 0 Å². The molecule has 0 saturated carbocycles. The standard InChI is InChI=1S/C16H27N3/c1-4-18(5-2)16-14(10-9-12-17-16)15-11-7-8-13-19(15)6-3/h9-10,12,15H,4-8,11,13H2,1-3H3/t15-/m0/s1. The van der Waals surface area contributed by atoms with E-state index in [1.54, 1.807) is 0 Å². The van der Waals surface area contributed by atoms with E-state index in [2.05, 4.69) is 47.7 Å². The molecule has 1 aliphatic heterocycles. The topological polar surface area (TPSA) is 19.4 Å². The zero-order valence-electron chi connectivity index (χ0n) is 12.6. The molecular weight excluding hydrogens is 234 g/mol. The fraction of sp³-hybridized carbons (Fsp3) is 0.688. The zero-order valence-corrected chi connectivity index (χ0v) is 12.6. The number of likely N-dealkylation sites (tertiary alicyclic amines) is 1. The maximum Gasteiger partial charge on any atom is 0.133 e. The van der Waals surface area contributed by atoms with Crippen LogP contribution in [0, 0.1) is 0 Å². The van der Waals surface area contributed by atoms with Crippen LogP contribution in [-0.2, 0) is 0 Å². The van der Waals surface area contributed by atoms with Crippen molar-refractivity contribution in [3.63, 3.8) is 0 Å². The minimum absolute atomic E-state index is 0.558. The first-order valence-corrected chi connectivity index (χ1v) is 7.75. The van der Waals surface area contributed by atoms with Gasteiger partial charge in [-0.1, -0.05) is 19.4 Å². The van der Waals surface area contributed by atoms with Crippen molar-refractivity contribution in [2.75, 3.05) is 31.1 Å². The Balaban J connectivity index is 2.32. The van der Waals surface area contributed by atoms with Gasteiger partial charge in [0, 0.05) is 30.9 Å². The fourth-order valence-corrected chi connectivity index (χ4v) is 3.18. The quantitative estimate of drug-likeness (QED) is 0.809. The van der Waals surface area contributed by atoms with E-state index in [1.807, 2.05) is 6.20 Å². The molecule has 0 unspecified atom stereocenters. The Kier molecular flexibility index (Phi) is 5.20. The molecule has 0 radical (unpaired) electrons. The first kappa shape index (κ1) is 14.3. The van der Waals surface area contributed by atoms with Gasteiger partial charge in [0.2, 0.25) is 0 Å². The average molecular weight is 261 g/mol. The molecule has 106 valence electrons. The van der Waals surface area contributed by atoms with Crippen molar-refractivity contribution >= 4 is 5.82 Å². The molecule has 1 atom stereocenters. The molecule has 1 aromatic rings. The van der Waals surface area contributed by atoms with Gasteiger partial charge in [-0.3, -0.25) is 4.90 Å². The van der Waals surface area contributed by atoms with Crippen molar-refractivity contribution in [2.45, 2.75) is 46.1 Å². The number of hydrogen-bond acceptors (Lipinski definition) is 3. The predicted octanol–water partition coefficient (Wildman–Crippen LogP) is 3.47. The number of pyridine rings is 1. The van der Waals surface area contributed by atoms with Crippen LogP contribution in [-0.4, -0.2) is 36.1 Å². The van der Waals surface area contributed by atoms with Crippen LogP contribution in [0.3, 0.4) is 0 Å². The van der Waals surface area contributed by atoms with Gasteiger partial charge < -0.3 is 4.90 Å². The summed E-state index contributed by atoms with van der Waals surface area (Å²) in [5.74, 6) is 1.19. The maximum atomic E-state index is 4.66. The Morgan fingerprint density at radius 2 is 2.05 bits per heavy atom. The molecule has 2 heterocycles. The molecule has 0 amide bonds. The van der Waals surface area contributed by atoms with Crippen molar-refractivity contribution < 1.29 is 0 Å². The second-order valence-corrected chi connectivity index (χ2v) is 5.23. The van der Waals surface area contributed by atoms with E-state index >= 15 is 0 Å².